The highest BCUT2D eigenvalue weighted by Crippen LogP contribution is 2.70. The quantitative estimate of drug-likeness (QED) is 0.00471. The van der Waals surface area contributed by atoms with Crippen LogP contribution in [0.3, 0.4) is 0 Å². The smallest absolute Gasteiger partial charge is 0.370 e. The van der Waals surface area contributed by atoms with E-state index in [1.165, 1.54) is 5.56 Å². The lowest BCUT2D eigenvalue weighted by Crippen LogP contribution is -2.64. The maximum Gasteiger partial charge on any atom is 0.370 e. The molecule has 20 nitrogen and oxygen atoms in total. The first kappa shape index (κ1) is 64.9. The number of unbranched alkanes of at least 4 members (excludes halogenated alkanes) is 4. The van der Waals surface area contributed by atoms with Gasteiger partial charge >= 0.3 is 14.6 Å². The molecule has 468 valence electrons. The second kappa shape index (κ2) is 30.1. The van der Waals surface area contributed by atoms with Crippen LogP contribution >= 0.6 is 8.60 Å². The van der Waals surface area contributed by atoms with Crippen molar-refractivity contribution in [3.05, 3.63) is 119 Å². The van der Waals surface area contributed by atoms with Crippen molar-refractivity contribution in [2.24, 2.45) is 51.0 Å². The summed E-state index contributed by atoms with van der Waals surface area (Å²) in [6.45, 7) is 6.23. The molecule has 5 fully saturated rings. The van der Waals surface area contributed by atoms with E-state index in [-0.39, 0.29) is 85.6 Å². The van der Waals surface area contributed by atoms with Crippen molar-refractivity contribution in [2.45, 2.75) is 172 Å². The molecule has 0 spiro atoms. The van der Waals surface area contributed by atoms with Gasteiger partial charge in [-0.3, -0.25) is 19.4 Å². The zero-order valence-corrected chi connectivity index (χ0v) is 50.8. The van der Waals surface area contributed by atoms with Gasteiger partial charge in [0.05, 0.1) is 23.9 Å². The maximum absolute atomic E-state index is 15.3. The number of Topliss-reactive ketones (excluding diaryl/α,β-unsaturated/α-hetero) is 1. The topological polar surface area (TPSA) is 297 Å². The number of fused-ring (bicyclic) bond motifs is 7. The van der Waals surface area contributed by atoms with Gasteiger partial charge in [0.2, 0.25) is 5.78 Å². The monoisotopic (exact) mass is 1210 g/mol. The molecule has 2 aromatic carbocycles. The molecule has 1 aromatic heterocycles. The number of nitrogens with zero attached hydrogens (tertiary/aromatic N) is 2. The van der Waals surface area contributed by atoms with Crippen LogP contribution in [0.2, 0.25) is 0 Å². The van der Waals surface area contributed by atoms with E-state index in [9.17, 15) is 34.4 Å². The van der Waals surface area contributed by atoms with Crippen molar-refractivity contribution >= 4 is 38.0 Å². The molecule has 3 aromatic rings. The third-order valence-corrected chi connectivity index (χ3v) is 19.5. The van der Waals surface area contributed by atoms with Crippen LogP contribution in [0.5, 0.6) is 5.75 Å². The second-order valence-corrected chi connectivity index (χ2v) is 25.6. The van der Waals surface area contributed by atoms with Crippen LogP contribution in [-0.2, 0) is 51.0 Å². The number of aliphatic hydroxyl groups is 2. The van der Waals surface area contributed by atoms with Crippen molar-refractivity contribution < 1.29 is 72.3 Å². The van der Waals surface area contributed by atoms with E-state index in [0.717, 1.165) is 109 Å². The molecule has 2 heterocycles. The number of aromatic nitrogens is 1. The number of hydrogen-bond acceptors (Lipinski definition) is 16. The average molecular weight is 1210 g/mol. The molecule has 9 rings (SSSR count). The predicted molar refractivity (Wildman–Crippen MR) is 321 cm³/mol. The highest BCUT2D eigenvalue weighted by atomic mass is 31.2. The molecule has 4 unspecified atom stereocenters. The van der Waals surface area contributed by atoms with E-state index in [1.807, 2.05) is 19.1 Å². The largest absolute Gasteiger partial charge is 0.456 e. The molecule has 86 heavy (non-hydrogen) atoms. The minimum absolute atomic E-state index is 0.00670. The molecule has 1 aliphatic heterocycles. The molecule has 1 amide bonds. The van der Waals surface area contributed by atoms with Gasteiger partial charge in [-0.1, -0.05) is 94.0 Å². The Hall–Kier alpha value is -5.51. The van der Waals surface area contributed by atoms with Gasteiger partial charge < -0.3 is 65.9 Å². The van der Waals surface area contributed by atoms with Crippen LogP contribution in [0, 0.1) is 34.5 Å². The Bertz CT molecular complexity index is 2880. The van der Waals surface area contributed by atoms with Gasteiger partial charge in [0.1, 0.15) is 11.6 Å². The van der Waals surface area contributed by atoms with E-state index in [2.05, 4.69) is 46.8 Å². The number of carbonyl (C=O) groups is 4. The minimum atomic E-state index is -2.87. The minimum Gasteiger partial charge on any atom is -0.456 e. The van der Waals surface area contributed by atoms with Crippen LogP contribution in [0.1, 0.15) is 156 Å². The number of aryl methyl sites for hydroxylation is 1. The summed E-state index contributed by atoms with van der Waals surface area (Å²) < 4.78 is 32.2. The molecule has 6 aliphatic rings. The van der Waals surface area contributed by atoms with E-state index < -0.39 is 79.9 Å². The summed E-state index contributed by atoms with van der Waals surface area (Å²) >= 11 is 0. The molecule has 0 radical (unpaired) electrons. The Morgan fingerprint density at radius 1 is 0.942 bits per heavy atom. The number of amides is 1. The van der Waals surface area contributed by atoms with Crippen molar-refractivity contribution in [3.63, 3.8) is 0 Å². The first-order valence-electron chi connectivity index (χ1n) is 31.2. The lowest BCUT2D eigenvalue weighted by Gasteiger charge is -2.59. The number of ether oxygens (including phenoxy) is 4. The third kappa shape index (κ3) is 15.5. The molecule has 10 N–H and O–H groups in total. The first-order chi connectivity index (χ1) is 41.5. The summed E-state index contributed by atoms with van der Waals surface area (Å²) in [6.07, 6.45) is 20.3. The molecule has 11 atom stereocenters. The van der Waals surface area contributed by atoms with Crippen LogP contribution in [-0.4, -0.2) is 119 Å². The molecule has 21 heteroatoms. The Kier molecular flexibility index (Phi) is 22.8. The number of aliphatic imine (C=N–C) groups is 1. The van der Waals surface area contributed by atoms with Crippen molar-refractivity contribution in [1.29, 1.82) is 0 Å². The number of pyridine rings is 1. The predicted octanol–water partition coefficient (Wildman–Crippen LogP) is 6.98. The fourth-order valence-corrected chi connectivity index (χ4v) is 15.2. The number of aliphatic hydroxyl groups excluding tert-OH is 2. The molecule has 5 aliphatic carbocycles. The average Bonchev–Trinajstić information content (AvgIpc) is 1.48. The zero-order valence-electron chi connectivity index (χ0n) is 49.9. The lowest BCUT2D eigenvalue weighted by atomic mass is 9.46. The Labute approximate surface area is 506 Å². The van der Waals surface area contributed by atoms with Crippen LogP contribution < -0.4 is 31.6 Å². The van der Waals surface area contributed by atoms with E-state index >= 15 is 4.79 Å². The molecule has 4 saturated carbocycles. The summed E-state index contributed by atoms with van der Waals surface area (Å²) in [5.41, 5.74) is 11.9. The van der Waals surface area contributed by atoms with Crippen molar-refractivity contribution in [1.82, 2.24) is 10.6 Å². The van der Waals surface area contributed by atoms with E-state index in [1.54, 1.807) is 59.4 Å². The lowest BCUT2D eigenvalue weighted by molar-refractivity contribution is -0.688. The normalized spacial score (nSPS) is 27.5. The highest BCUT2D eigenvalue weighted by Gasteiger charge is 2.76. The third-order valence-electron chi connectivity index (χ3n) is 19.3. The summed E-state index contributed by atoms with van der Waals surface area (Å²) in [6, 6.07) is 17.4. The summed E-state index contributed by atoms with van der Waals surface area (Å²) in [5.74, 6) is -2.16. The number of guanidine groups is 1. The van der Waals surface area contributed by atoms with Gasteiger partial charge in [-0.05, 0) is 143 Å². The van der Waals surface area contributed by atoms with Crippen LogP contribution in [0.25, 0.3) is 0 Å². The van der Waals surface area contributed by atoms with E-state index in [4.69, 9.17) is 40.0 Å². The number of carbonyl (C=O) groups excluding carboxylic acids is 4. The molecule has 1 saturated heterocycles. The number of allylic oxidation sites excluding steroid dienone is 4. The fraction of sp³-hybridized carbons (Fsp3) is 0.600. The number of rotatable bonds is 31. The number of ketones is 2. The summed E-state index contributed by atoms with van der Waals surface area (Å²) in [4.78, 5) is 84.9. The Morgan fingerprint density at radius 2 is 1.72 bits per heavy atom. The fourth-order valence-electron chi connectivity index (χ4n) is 15.0. The van der Waals surface area contributed by atoms with E-state index in [0.29, 0.717) is 24.0 Å². The Morgan fingerprint density at radius 3 is 2.50 bits per heavy atom. The number of esters is 1. The highest BCUT2D eigenvalue weighted by molar-refractivity contribution is 7.39. The van der Waals surface area contributed by atoms with Gasteiger partial charge in [0.25, 0.3) is 5.91 Å². The van der Waals surface area contributed by atoms with Crippen LogP contribution in [0.15, 0.2) is 102 Å². The Balaban J connectivity index is 0.824. The standard InChI is InChI=1S/C65H89N6O14P/c1-63-29-28-49(72)36-48(63)25-26-50-51-37-57-65(64(51,2)38-53(73)58(50)63,83-61(82-57)44-20-9-6-10-21-44)56(75)42-81-60(77)52(23-15-31-69-62(66)67)70-59(76)46-22-16-32-71(40-46)41-47-35-45(24-27-55(47)84-85-86(78)79)54(74)39-68-30-12-3-4-13-33-80-34-14-11-19-43-17-7-5-8-18-43/h5,7-8,16-18,22,24,27-29,32,35-36,40,44,50-54,57-58,61,68,73-74,78-79H,3-4,6,9-15,19-21,23,25-26,30-31,33-34,37-39,41-42H2,1-2H3,(H4-,66,67,69,70,76)/p+1/t50?,51?,52-,53-,54?,57+,58?,61+,63-,64-,65+/m0/s1. The van der Waals surface area contributed by atoms with Crippen molar-refractivity contribution in [3.8, 4) is 5.75 Å². The number of hydrogen-bond donors (Lipinski definition) is 8. The molecule has 0 bridgehead atoms. The van der Waals surface area contributed by atoms with Crippen LogP contribution in [0.4, 0.5) is 0 Å². The number of nitrogens with two attached hydrogens (primary N) is 2. The zero-order chi connectivity index (χ0) is 60.8. The maximum atomic E-state index is 15.3. The second-order valence-electron chi connectivity index (χ2n) is 24.9. The first-order valence-corrected chi connectivity index (χ1v) is 32.3. The van der Waals surface area contributed by atoms with Gasteiger partial charge in [-0.15, -0.1) is 4.67 Å². The number of nitrogens with one attached hydrogen (secondary N) is 2. The van der Waals surface area contributed by atoms with Gasteiger partial charge in [0, 0.05) is 55.0 Å². The molecular weight excluding hydrogens is 1120 g/mol. The van der Waals surface area contributed by atoms with Crippen molar-refractivity contribution in [2.75, 3.05) is 39.5 Å². The van der Waals surface area contributed by atoms with Gasteiger partial charge in [0.15, 0.2) is 54.9 Å². The SMILES string of the molecule is C[C@]12C=CC(=O)C=C1CCC1C2[C@@H](O)C[C@@]2(C)C1C[C@H]1O[C@@H](C3CCCCC3)O[C@]12C(=O)COC(=O)[C@H](CCCN=C(N)N)NC(=O)c1ccc[n+](Cc2cc(C(O)CNCCCCCCOCCCCc3ccccc3)ccc2OOP(O)O)c1. The summed E-state index contributed by atoms with van der Waals surface area (Å²) in [5, 5.41) is 29.8. The number of benzene rings is 2. The van der Waals surface area contributed by atoms with Gasteiger partial charge in [-0.25, -0.2) is 4.79 Å². The molecular formula is C65H90N6O14P+. The summed E-state index contributed by atoms with van der Waals surface area (Å²) in [7, 11) is -2.87. The van der Waals surface area contributed by atoms with Gasteiger partial charge in [-0.2, -0.15) is 4.57 Å².